The lowest BCUT2D eigenvalue weighted by atomic mass is 9.99. The van der Waals surface area contributed by atoms with Gasteiger partial charge in [-0.1, -0.05) is 30.1 Å². The normalized spacial score (nSPS) is 15.5. The van der Waals surface area contributed by atoms with Crippen molar-refractivity contribution in [2.45, 2.75) is 52.9 Å². The Kier molecular flexibility index (Phi) is 8.20. The lowest BCUT2D eigenvalue weighted by Crippen LogP contribution is -2.34. The maximum Gasteiger partial charge on any atom is 0.224 e. The van der Waals surface area contributed by atoms with Crippen LogP contribution in [-0.4, -0.2) is 46.8 Å². The van der Waals surface area contributed by atoms with Crippen molar-refractivity contribution >= 4 is 29.1 Å². The summed E-state index contributed by atoms with van der Waals surface area (Å²) >= 11 is 12.3. The predicted molar refractivity (Wildman–Crippen MR) is 124 cm³/mol. The molecule has 0 aliphatic carbocycles. The molecule has 0 atom stereocenters. The second kappa shape index (κ2) is 10.7. The molecule has 1 fully saturated rings. The number of aryl methyl sites for hydroxylation is 1. The second-order valence-electron chi connectivity index (χ2n) is 8.41. The minimum Gasteiger partial charge on any atom is -0.356 e. The van der Waals surface area contributed by atoms with Gasteiger partial charge in [0.05, 0.1) is 22.8 Å². The van der Waals surface area contributed by atoms with Gasteiger partial charge in [0.25, 0.3) is 0 Å². The van der Waals surface area contributed by atoms with E-state index < -0.39 is 0 Å². The number of carbonyl (C=O) groups excluding carboxylic acids is 1. The molecule has 5 nitrogen and oxygen atoms in total. The van der Waals surface area contributed by atoms with E-state index in [1.54, 1.807) is 16.8 Å². The highest BCUT2D eigenvalue weighted by Crippen LogP contribution is 2.27. The molecule has 1 amide bonds. The number of halogens is 2. The van der Waals surface area contributed by atoms with E-state index in [1.807, 2.05) is 19.9 Å². The van der Waals surface area contributed by atoms with Gasteiger partial charge in [-0.25, -0.2) is 4.68 Å². The van der Waals surface area contributed by atoms with Crippen molar-refractivity contribution in [1.29, 1.82) is 0 Å². The SMILES string of the molecule is Cc1nn(-c2ccc(Cl)cc2Cl)c(C)c1CC(=O)NCCCCN1CCC(C)CC1. The fraction of sp³-hybridized carbons (Fsp3) is 0.565. The predicted octanol–water partition coefficient (Wildman–Crippen LogP) is 4.97. The van der Waals surface area contributed by atoms with Gasteiger partial charge in [0, 0.05) is 22.8 Å². The molecular formula is C23H32Cl2N4O. The van der Waals surface area contributed by atoms with Crippen LogP contribution in [0.4, 0.5) is 0 Å². The minimum atomic E-state index is 0.0368. The van der Waals surface area contributed by atoms with Crippen molar-refractivity contribution in [3.8, 4) is 5.69 Å². The van der Waals surface area contributed by atoms with E-state index in [0.29, 0.717) is 16.5 Å². The molecule has 2 heterocycles. The number of hydrogen-bond donors (Lipinski definition) is 1. The number of rotatable bonds is 8. The minimum absolute atomic E-state index is 0.0368. The van der Waals surface area contributed by atoms with E-state index in [4.69, 9.17) is 23.2 Å². The summed E-state index contributed by atoms with van der Waals surface area (Å²) in [7, 11) is 0. The van der Waals surface area contributed by atoms with Crippen molar-refractivity contribution in [3.05, 3.63) is 45.2 Å². The highest BCUT2D eigenvalue weighted by atomic mass is 35.5. The number of benzene rings is 1. The van der Waals surface area contributed by atoms with Crippen molar-refractivity contribution in [2.24, 2.45) is 5.92 Å². The van der Waals surface area contributed by atoms with Gasteiger partial charge in [0.15, 0.2) is 0 Å². The van der Waals surface area contributed by atoms with Crippen molar-refractivity contribution < 1.29 is 4.79 Å². The quantitative estimate of drug-likeness (QED) is 0.577. The summed E-state index contributed by atoms with van der Waals surface area (Å²) in [5, 5.41) is 8.77. The third-order valence-electron chi connectivity index (χ3n) is 6.02. The molecule has 1 aromatic carbocycles. The van der Waals surface area contributed by atoms with E-state index in [1.165, 1.54) is 25.9 Å². The number of carbonyl (C=O) groups is 1. The third-order valence-corrected chi connectivity index (χ3v) is 6.55. The molecule has 1 aromatic heterocycles. The molecule has 1 aliphatic rings. The molecule has 164 valence electrons. The summed E-state index contributed by atoms with van der Waals surface area (Å²) in [4.78, 5) is 15.0. The van der Waals surface area contributed by atoms with Crippen LogP contribution in [0.2, 0.25) is 10.0 Å². The molecule has 0 radical (unpaired) electrons. The number of piperidine rings is 1. The number of likely N-dealkylation sites (tertiary alicyclic amines) is 1. The van der Waals surface area contributed by atoms with Crippen LogP contribution in [0.25, 0.3) is 5.69 Å². The van der Waals surface area contributed by atoms with Crippen LogP contribution in [0.3, 0.4) is 0 Å². The molecular weight excluding hydrogens is 419 g/mol. The highest BCUT2D eigenvalue weighted by molar-refractivity contribution is 6.35. The Balaban J connectivity index is 1.48. The fourth-order valence-electron chi connectivity index (χ4n) is 4.02. The van der Waals surface area contributed by atoms with Crippen molar-refractivity contribution in [3.63, 3.8) is 0 Å². The first kappa shape index (κ1) is 23.1. The van der Waals surface area contributed by atoms with Crippen LogP contribution in [0.1, 0.15) is 49.6 Å². The zero-order valence-electron chi connectivity index (χ0n) is 18.2. The van der Waals surface area contributed by atoms with Gasteiger partial charge in [-0.15, -0.1) is 0 Å². The summed E-state index contributed by atoms with van der Waals surface area (Å²) in [5.41, 5.74) is 3.47. The molecule has 0 saturated carbocycles. The standard InChI is InChI=1S/C23H32Cl2N4O/c1-16-8-12-28(13-9-16)11-5-4-10-26-23(30)15-20-17(2)27-29(18(20)3)22-7-6-19(24)14-21(22)25/h6-7,14,16H,4-5,8-13,15H2,1-3H3,(H,26,30). The zero-order valence-corrected chi connectivity index (χ0v) is 19.7. The number of hydrogen-bond acceptors (Lipinski definition) is 3. The zero-order chi connectivity index (χ0) is 21.7. The Morgan fingerprint density at radius 3 is 2.63 bits per heavy atom. The summed E-state index contributed by atoms with van der Waals surface area (Å²) in [6.07, 6.45) is 5.08. The Morgan fingerprint density at radius 2 is 1.93 bits per heavy atom. The highest BCUT2D eigenvalue weighted by Gasteiger charge is 2.18. The van der Waals surface area contributed by atoms with E-state index >= 15 is 0 Å². The van der Waals surface area contributed by atoms with Gasteiger partial charge in [0.2, 0.25) is 5.91 Å². The number of nitrogens with zero attached hydrogens (tertiary/aromatic N) is 3. The summed E-state index contributed by atoms with van der Waals surface area (Å²) in [6.45, 7) is 10.5. The van der Waals surface area contributed by atoms with Crippen molar-refractivity contribution in [1.82, 2.24) is 20.0 Å². The van der Waals surface area contributed by atoms with Gasteiger partial charge in [0.1, 0.15) is 0 Å². The first-order valence-electron chi connectivity index (χ1n) is 10.8. The molecule has 2 aromatic rings. The monoisotopic (exact) mass is 450 g/mol. The van der Waals surface area contributed by atoms with Gasteiger partial charge in [-0.05, 0) is 83.3 Å². The van der Waals surface area contributed by atoms with Crippen LogP contribution in [0.15, 0.2) is 18.2 Å². The number of nitrogens with one attached hydrogen (secondary N) is 1. The molecule has 0 spiro atoms. The summed E-state index contributed by atoms with van der Waals surface area (Å²) in [6, 6.07) is 5.33. The molecule has 7 heteroatoms. The van der Waals surface area contributed by atoms with Crippen LogP contribution < -0.4 is 5.32 Å². The second-order valence-corrected chi connectivity index (χ2v) is 9.26. The lowest BCUT2D eigenvalue weighted by molar-refractivity contribution is -0.120. The Bertz CT molecular complexity index is 872. The van der Waals surface area contributed by atoms with Crippen LogP contribution in [0, 0.1) is 19.8 Å². The third kappa shape index (κ3) is 5.99. The molecule has 1 aliphatic heterocycles. The maximum atomic E-state index is 12.5. The topological polar surface area (TPSA) is 50.2 Å². The Labute approximate surface area is 189 Å². The lowest BCUT2D eigenvalue weighted by Gasteiger charge is -2.30. The van der Waals surface area contributed by atoms with Gasteiger partial charge >= 0.3 is 0 Å². The summed E-state index contributed by atoms with van der Waals surface area (Å²) in [5.74, 6) is 0.905. The van der Waals surface area contributed by atoms with E-state index in [2.05, 4.69) is 22.2 Å². The van der Waals surface area contributed by atoms with Crippen LogP contribution in [-0.2, 0) is 11.2 Å². The van der Waals surface area contributed by atoms with Crippen LogP contribution >= 0.6 is 23.2 Å². The fourth-order valence-corrected chi connectivity index (χ4v) is 4.50. The largest absolute Gasteiger partial charge is 0.356 e. The number of aromatic nitrogens is 2. The smallest absolute Gasteiger partial charge is 0.224 e. The van der Waals surface area contributed by atoms with E-state index in [-0.39, 0.29) is 5.91 Å². The number of unbranched alkanes of at least 4 members (excludes halogenated alkanes) is 1. The van der Waals surface area contributed by atoms with Gasteiger partial charge in [-0.3, -0.25) is 4.79 Å². The van der Waals surface area contributed by atoms with E-state index in [9.17, 15) is 4.79 Å². The molecule has 1 saturated heterocycles. The molecule has 1 N–H and O–H groups in total. The van der Waals surface area contributed by atoms with Gasteiger partial charge < -0.3 is 10.2 Å². The van der Waals surface area contributed by atoms with Crippen LogP contribution in [0.5, 0.6) is 0 Å². The summed E-state index contributed by atoms with van der Waals surface area (Å²) < 4.78 is 1.79. The molecule has 0 bridgehead atoms. The van der Waals surface area contributed by atoms with Gasteiger partial charge in [-0.2, -0.15) is 5.10 Å². The average molecular weight is 451 g/mol. The Hall–Kier alpha value is -1.56. The van der Waals surface area contributed by atoms with Crippen molar-refractivity contribution in [2.75, 3.05) is 26.2 Å². The molecule has 0 unspecified atom stereocenters. The first-order valence-corrected chi connectivity index (χ1v) is 11.6. The molecule has 30 heavy (non-hydrogen) atoms. The maximum absolute atomic E-state index is 12.5. The average Bonchev–Trinajstić information content (AvgIpc) is 2.97. The Morgan fingerprint density at radius 1 is 1.20 bits per heavy atom. The van der Waals surface area contributed by atoms with E-state index in [0.717, 1.165) is 54.5 Å². The molecule has 3 rings (SSSR count). The first-order chi connectivity index (χ1) is 14.3. The number of amides is 1.